The standard InChI is InChI=1S/C10H14N2O5/c1-5-11-8(17-9(14)15)6(16-5)7(13)12-10(2,3)4/h1-4H3,(H,12,13)(H,14,15). The molecule has 1 aromatic rings. The molecule has 0 saturated heterocycles. The van der Waals surface area contributed by atoms with Gasteiger partial charge in [0.15, 0.2) is 5.89 Å². The highest BCUT2D eigenvalue weighted by Crippen LogP contribution is 2.19. The Hall–Kier alpha value is -2.05. The van der Waals surface area contributed by atoms with Crippen LogP contribution < -0.4 is 10.1 Å². The van der Waals surface area contributed by atoms with E-state index < -0.39 is 17.6 Å². The molecule has 2 N–H and O–H groups in total. The number of hydrogen-bond acceptors (Lipinski definition) is 5. The van der Waals surface area contributed by atoms with Gasteiger partial charge < -0.3 is 19.6 Å². The van der Waals surface area contributed by atoms with E-state index in [9.17, 15) is 9.59 Å². The van der Waals surface area contributed by atoms with Gasteiger partial charge >= 0.3 is 6.16 Å². The van der Waals surface area contributed by atoms with E-state index in [4.69, 9.17) is 9.52 Å². The molecule has 0 aromatic carbocycles. The SMILES string of the molecule is Cc1nc(OC(=O)O)c(C(=O)NC(C)(C)C)o1. The second-order valence-corrected chi connectivity index (χ2v) is 4.44. The molecule has 0 aliphatic rings. The van der Waals surface area contributed by atoms with Crippen molar-refractivity contribution in [3.05, 3.63) is 11.7 Å². The summed E-state index contributed by atoms with van der Waals surface area (Å²) in [5, 5.41) is 11.1. The first-order valence-electron chi connectivity index (χ1n) is 4.90. The first-order valence-corrected chi connectivity index (χ1v) is 4.90. The van der Waals surface area contributed by atoms with Crippen LogP contribution in [0, 0.1) is 6.92 Å². The van der Waals surface area contributed by atoms with Crippen LogP contribution in [0.2, 0.25) is 0 Å². The van der Waals surface area contributed by atoms with E-state index in [2.05, 4.69) is 15.0 Å². The van der Waals surface area contributed by atoms with Crippen LogP contribution in [0.5, 0.6) is 5.88 Å². The van der Waals surface area contributed by atoms with E-state index >= 15 is 0 Å². The number of carboxylic acid groups (broad SMARTS) is 1. The van der Waals surface area contributed by atoms with Gasteiger partial charge in [-0.05, 0) is 20.8 Å². The Morgan fingerprint density at radius 3 is 2.47 bits per heavy atom. The number of carbonyl (C=O) groups excluding carboxylic acids is 1. The van der Waals surface area contributed by atoms with Crippen LogP contribution in [-0.4, -0.2) is 27.7 Å². The lowest BCUT2D eigenvalue weighted by Gasteiger charge is -2.19. The molecule has 7 heteroatoms. The zero-order chi connectivity index (χ0) is 13.2. The first kappa shape index (κ1) is 13.0. The summed E-state index contributed by atoms with van der Waals surface area (Å²) in [5.74, 6) is -1.02. The first-order chi connectivity index (χ1) is 7.69. The van der Waals surface area contributed by atoms with Gasteiger partial charge in [-0.25, -0.2) is 4.79 Å². The minimum atomic E-state index is -1.55. The minimum Gasteiger partial charge on any atom is -0.449 e. The van der Waals surface area contributed by atoms with E-state index in [-0.39, 0.29) is 17.5 Å². The zero-order valence-corrected chi connectivity index (χ0v) is 10.0. The van der Waals surface area contributed by atoms with Crippen LogP contribution in [-0.2, 0) is 0 Å². The topological polar surface area (TPSA) is 102 Å². The summed E-state index contributed by atoms with van der Waals surface area (Å²) in [5.41, 5.74) is -0.474. The Labute approximate surface area is 97.8 Å². The monoisotopic (exact) mass is 242 g/mol. The van der Waals surface area contributed by atoms with Crippen molar-refractivity contribution < 1.29 is 23.8 Å². The Balaban J connectivity index is 2.96. The smallest absolute Gasteiger partial charge is 0.449 e. The third kappa shape index (κ3) is 3.78. The molecule has 0 aliphatic carbocycles. The Kier molecular flexibility index (Phi) is 3.40. The Morgan fingerprint density at radius 2 is 2.00 bits per heavy atom. The maximum Gasteiger partial charge on any atom is 0.512 e. The summed E-state index contributed by atoms with van der Waals surface area (Å²) in [6.45, 7) is 6.84. The number of oxazole rings is 1. The normalized spacial score (nSPS) is 11.1. The number of hydrogen-bond donors (Lipinski definition) is 2. The summed E-state index contributed by atoms with van der Waals surface area (Å²) in [4.78, 5) is 25.8. The average Bonchev–Trinajstić information content (AvgIpc) is 2.42. The van der Waals surface area contributed by atoms with E-state index in [1.807, 2.05) is 0 Å². The van der Waals surface area contributed by atoms with Crippen molar-refractivity contribution in [3.8, 4) is 5.88 Å². The fourth-order valence-corrected chi connectivity index (χ4v) is 1.10. The third-order valence-electron chi connectivity index (χ3n) is 1.58. The van der Waals surface area contributed by atoms with Gasteiger partial charge in [-0.15, -0.1) is 0 Å². The van der Waals surface area contributed by atoms with Gasteiger partial charge in [-0.2, -0.15) is 4.98 Å². The van der Waals surface area contributed by atoms with Crippen molar-refractivity contribution in [1.82, 2.24) is 10.3 Å². The maximum atomic E-state index is 11.8. The quantitative estimate of drug-likeness (QED) is 0.763. The number of aryl methyl sites for hydroxylation is 1. The van der Waals surface area contributed by atoms with Crippen molar-refractivity contribution in [2.45, 2.75) is 33.2 Å². The van der Waals surface area contributed by atoms with Gasteiger partial charge in [0, 0.05) is 12.5 Å². The molecule has 0 atom stereocenters. The van der Waals surface area contributed by atoms with Crippen LogP contribution in [0.1, 0.15) is 37.2 Å². The highest BCUT2D eigenvalue weighted by atomic mass is 16.7. The van der Waals surface area contributed by atoms with Gasteiger partial charge in [-0.3, -0.25) is 4.79 Å². The van der Waals surface area contributed by atoms with Crippen LogP contribution in [0.3, 0.4) is 0 Å². The Bertz CT molecular complexity index is 444. The number of rotatable bonds is 2. The molecular weight excluding hydrogens is 228 g/mol. The zero-order valence-electron chi connectivity index (χ0n) is 10.0. The maximum absolute atomic E-state index is 11.8. The summed E-state index contributed by atoms with van der Waals surface area (Å²) in [7, 11) is 0. The molecule has 0 unspecified atom stereocenters. The predicted molar refractivity (Wildman–Crippen MR) is 57.1 cm³/mol. The largest absolute Gasteiger partial charge is 0.512 e. The molecule has 0 spiro atoms. The molecule has 0 saturated carbocycles. The highest BCUT2D eigenvalue weighted by Gasteiger charge is 2.25. The van der Waals surface area contributed by atoms with Gasteiger partial charge in [0.05, 0.1) is 0 Å². The summed E-state index contributed by atoms with van der Waals surface area (Å²) in [6, 6.07) is 0. The molecule has 0 radical (unpaired) electrons. The fourth-order valence-electron chi connectivity index (χ4n) is 1.10. The molecule has 1 amide bonds. The lowest BCUT2D eigenvalue weighted by Crippen LogP contribution is -2.40. The van der Waals surface area contributed by atoms with Crippen molar-refractivity contribution >= 4 is 12.1 Å². The lowest BCUT2D eigenvalue weighted by molar-refractivity contribution is 0.0884. The second-order valence-electron chi connectivity index (χ2n) is 4.44. The van der Waals surface area contributed by atoms with Crippen molar-refractivity contribution in [2.24, 2.45) is 0 Å². The fraction of sp³-hybridized carbons (Fsp3) is 0.500. The van der Waals surface area contributed by atoms with Crippen LogP contribution in [0.4, 0.5) is 4.79 Å². The van der Waals surface area contributed by atoms with E-state index in [1.54, 1.807) is 20.8 Å². The molecule has 94 valence electrons. The van der Waals surface area contributed by atoms with E-state index in [0.717, 1.165) is 0 Å². The molecule has 17 heavy (non-hydrogen) atoms. The second kappa shape index (κ2) is 4.44. The molecule has 1 heterocycles. The van der Waals surface area contributed by atoms with Gasteiger partial charge in [0.1, 0.15) is 0 Å². The molecule has 0 bridgehead atoms. The van der Waals surface area contributed by atoms with Crippen molar-refractivity contribution in [1.29, 1.82) is 0 Å². The molecule has 1 rings (SSSR count). The van der Waals surface area contributed by atoms with Crippen LogP contribution >= 0.6 is 0 Å². The molecule has 7 nitrogen and oxygen atoms in total. The Morgan fingerprint density at radius 1 is 1.41 bits per heavy atom. The van der Waals surface area contributed by atoms with Crippen LogP contribution in [0.15, 0.2) is 4.42 Å². The number of aromatic nitrogens is 1. The number of nitrogens with zero attached hydrogens (tertiary/aromatic N) is 1. The molecule has 1 aromatic heterocycles. The summed E-state index contributed by atoms with van der Waals surface area (Å²) < 4.78 is 9.36. The number of amides is 1. The number of ether oxygens (including phenoxy) is 1. The van der Waals surface area contributed by atoms with Crippen molar-refractivity contribution in [3.63, 3.8) is 0 Å². The molecule has 0 fully saturated rings. The number of nitrogens with one attached hydrogen (secondary N) is 1. The van der Waals surface area contributed by atoms with Gasteiger partial charge in [0.2, 0.25) is 0 Å². The molecule has 0 aliphatic heterocycles. The molecular formula is C10H14N2O5. The predicted octanol–water partition coefficient (Wildman–Crippen LogP) is 1.57. The summed E-state index contributed by atoms with van der Waals surface area (Å²) >= 11 is 0. The highest BCUT2D eigenvalue weighted by molar-refractivity contribution is 5.94. The number of carbonyl (C=O) groups is 2. The van der Waals surface area contributed by atoms with E-state index in [0.29, 0.717) is 0 Å². The van der Waals surface area contributed by atoms with E-state index in [1.165, 1.54) is 6.92 Å². The van der Waals surface area contributed by atoms with Crippen molar-refractivity contribution in [2.75, 3.05) is 0 Å². The minimum absolute atomic E-state index is 0.153. The van der Waals surface area contributed by atoms with Gasteiger partial charge in [0.25, 0.3) is 17.5 Å². The van der Waals surface area contributed by atoms with Crippen LogP contribution in [0.25, 0.3) is 0 Å². The summed E-state index contributed by atoms with van der Waals surface area (Å²) in [6.07, 6.45) is -1.55. The average molecular weight is 242 g/mol. The third-order valence-corrected chi connectivity index (χ3v) is 1.58. The lowest BCUT2D eigenvalue weighted by atomic mass is 10.1. The van der Waals surface area contributed by atoms with Gasteiger partial charge in [-0.1, -0.05) is 0 Å².